The van der Waals surface area contributed by atoms with E-state index in [9.17, 15) is 18.0 Å². The molecule has 0 bridgehead atoms. The minimum atomic E-state index is -4.25. The SMILES string of the molecule is CC(C)CNC(=O)C(Cc1ccccc1)N(Cc1ccc(Cl)cc1)C(=O)CN(c1ccc(Cl)c(Cl)c1)S(=O)(=O)c1ccccc1. The number of sulfonamides is 1. The standard InChI is InChI=1S/C34H34Cl3N3O4S/c1-24(2)21-38-34(42)32(19-25-9-5-3-6-10-25)39(22-26-13-15-27(35)16-14-26)33(41)23-40(28-17-18-30(36)31(37)20-28)45(43,44)29-11-7-4-8-12-29/h3-18,20,24,32H,19,21-23H2,1-2H3,(H,38,42). The number of rotatable bonds is 13. The highest BCUT2D eigenvalue weighted by molar-refractivity contribution is 7.92. The first-order chi connectivity index (χ1) is 21.5. The smallest absolute Gasteiger partial charge is 0.264 e. The van der Waals surface area contributed by atoms with Crippen LogP contribution in [0, 0.1) is 5.92 Å². The van der Waals surface area contributed by atoms with Crippen molar-refractivity contribution in [1.29, 1.82) is 0 Å². The molecule has 0 aliphatic rings. The topological polar surface area (TPSA) is 86.8 Å². The van der Waals surface area contributed by atoms with Gasteiger partial charge < -0.3 is 10.2 Å². The zero-order valence-corrected chi connectivity index (χ0v) is 28.0. The summed E-state index contributed by atoms with van der Waals surface area (Å²) in [5, 5.41) is 3.85. The van der Waals surface area contributed by atoms with E-state index in [2.05, 4.69) is 5.32 Å². The van der Waals surface area contributed by atoms with E-state index in [-0.39, 0.29) is 45.4 Å². The van der Waals surface area contributed by atoms with Gasteiger partial charge in [-0.15, -0.1) is 0 Å². The fourth-order valence-corrected chi connectivity index (χ4v) is 6.50. The third kappa shape index (κ3) is 9.23. The summed E-state index contributed by atoms with van der Waals surface area (Å²) in [5.74, 6) is -0.758. The summed E-state index contributed by atoms with van der Waals surface area (Å²) < 4.78 is 29.1. The van der Waals surface area contributed by atoms with Gasteiger partial charge in [0.2, 0.25) is 11.8 Å². The van der Waals surface area contributed by atoms with Gasteiger partial charge in [-0.05, 0) is 59.5 Å². The van der Waals surface area contributed by atoms with Gasteiger partial charge in [0.25, 0.3) is 10.0 Å². The summed E-state index contributed by atoms with van der Waals surface area (Å²) in [5.41, 5.74) is 1.71. The van der Waals surface area contributed by atoms with E-state index in [1.165, 1.54) is 35.2 Å². The van der Waals surface area contributed by atoms with Crippen LogP contribution in [0.1, 0.15) is 25.0 Å². The molecule has 0 aliphatic heterocycles. The van der Waals surface area contributed by atoms with Crippen molar-refractivity contribution in [3.05, 3.63) is 129 Å². The van der Waals surface area contributed by atoms with Gasteiger partial charge in [0.05, 0.1) is 20.6 Å². The predicted molar refractivity (Wildman–Crippen MR) is 181 cm³/mol. The van der Waals surface area contributed by atoms with E-state index in [1.807, 2.05) is 44.2 Å². The molecule has 4 rings (SSSR count). The zero-order chi connectivity index (χ0) is 32.6. The van der Waals surface area contributed by atoms with Gasteiger partial charge in [-0.25, -0.2) is 8.42 Å². The Morgan fingerprint density at radius 1 is 0.778 bits per heavy atom. The monoisotopic (exact) mass is 685 g/mol. The summed E-state index contributed by atoms with van der Waals surface area (Å²) in [7, 11) is -4.25. The summed E-state index contributed by atoms with van der Waals surface area (Å²) in [6.07, 6.45) is 0.211. The van der Waals surface area contributed by atoms with Crippen molar-refractivity contribution in [3.63, 3.8) is 0 Å². The Morgan fingerprint density at radius 2 is 1.40 bits per heavy atom. The zero-order valence-electron chi connectivity index (χ0n) is 24.9. The van der Waals surface area contributed by atoms with Gasteiger partial charge in [-0.3, -0.25) is 13.9 Å². The molecular formula is C34H34Cl3N3O4S. The van der Waals surface area contributed by atoms with Crippen LogP contribution in [0.15, 0.2) is 108 Å². The number of halogens is 3. The quantitative estimate of drug-likeness (QED) is 0.161. The highest BCUT2D eigenvalue weighted by Gasteiger charge is 2.34. The van der Waals surface area contributed by atoms with Crippen LogP contribution in [-0.4, -0.2) is 44.3 Å². The Labute approximate surface area is 279 Å². The third-order valence-corrected chi connectivity index (χ3v) is 9.80. The molecule has 4 aromatic carbocycles. The summed E-state index contributed by atoms with van der Waals surface area (Å²) >= 11 is 18.6. The lowest BCUT2D eigenvalue weighted by Gasteiger charge is -2.34. The maximum absolute atomic E-state index is 14.5. The maximum atomic E-state index is 14.5. The van der Waals surface area contributed by atoms with E-state index in [4.69, 9.17) is 34.8 Å². The van der Waals surface area contributed by atoms with Gasteiger partial charge in [-0.2, -0.15) is 0 Å². The van der Waals surface area contributed by atoms with E-state index in [0.29, 0.717) is 11.6 Å². The first kappa shape index (κ1) is 34.3. The molecule has 0 aliphatic carbocycles. The van der Waals surface area contributed by atoms with Crippen LogP contribution in [0.2, 0.25) is 15.1 Å². The van der Waals surface area contributed by atoms with Crippen LogP contribution in [0.4, 0.5) is 5.69 Å². The second-order valence-electron chi connectivity index (χ2n) is 10.9. The van der Waals surface area contributed by atoms with Crippen molar-refractivity contribution < 1.29 is 18.0 Å². The molecule has 0 saturated heterocycles. The largest absolute Gasteiger partial charge is 0.354 e. The van der Waals surface area contributed by atoms with E-state index in [0.717, 1.165) is 15.4 Å². The molecule has 2 amide bonds. The second kappa shape index (κ2) is 15.6. The van der Waals surface area contributed by atoms with Crippen LogP contribution >= 0.6 is 34.8 Å². The van der Waals surface area contributed by atoms with Gasteiger partial charge in [-0.1, -0.05) is 109 Å². The summed E-state index contributed by atoms with van der Waals surface area (Å²) in [4.78, 5) is 29.7. The van der Waals surface area contributed by atoms with Crippen molar-refractivity contribution in [2.45, 2.75) is 37.8 Å². The average molecular weight is 687 g/mol. The van der Waals surface area contributed by atoms with Crippen molar-refractivity contribution in [2.24, 2.45) is 5.92 Å². The normalized spacial score (nSPS) is 12.0. The Morgan fingerprint density at radius 3 is 2.00 bits per heavy atom. The average Bonchev–Trinajstić information content (AvgIpc) is 3.03. The van der Waals surface area contributed by atoms with Crippen molar-refractivity contribution in [1.82, 2.24) is 10.2 Å². The van der Waals surface area contributed by atoms with Crippen molar-refractivity contribution >= 4 is 62.3 Å². The minimum Gasteiger partial charge on any atom is -0.354 e. The molecule has 0 fully saturated rings. The molecule has 4 aromatic rings. The molecule has 7 nitrogen and oxygen atoms in total. The lowest BCUT2D eigenvalue weighted by molar-refractivity contribution is -0.140. The van der Waals surface area contributed by atoms with E-state index >= 15 is 0 Å². The molecule has 45 heavy (non-hydrogen) atoms. The highest BCUT2D eigenvalue weighted by atomic mass is 35.5. The van der Waals surface area contributed by atoms with Crippen molar-refractivity contribution in [3.8, 4) is 0 Å². The fraction of sp³-hybridized carbons (Fsp3) is 0.235. The number of anilines is 1. The van der Waals surface area contributed by atoms with Gasteiger partial charge >= 0.3 is 0 Å². The first-order valence-electron chi connectivity index (χ1n) is 14.3. The first-order valence-corrected chi connectivity index (χ1v) is 16.9. The van der Waals surface area contributed by atoms with Crippen LogP contribution in [0.25, 0.3) is 0 Å². The highest BCUT2D eigenvalue weighted by Crippen LogP contribution is 2.31. The Kier molecular flexibility index (Phi) is 11.9. The van der Waals surface area contributed by atoms with Gasteiger partial charge in [0, 0.05) is 24.5 Å². The van der Waals surface area contributed by atoms with E-state index in [1.54, 1.807) is 42.5 Å². The number of amides is 2. The summed E-state index contributed by atoms with van der Waals surface area (Å²) in [6.45, 7) is 3.79. The van der Waals surface area contributed by atoms with Crippen LogP contribution in [0.5, 0.6) is 0 Å². The Balaban J connectivity index is 1.80. The van der Waals surface area contributed by atoms with Crippen LogP contribution < -0.4 is 9.62 Å². The second-order valence-corrected chi connectivity index (χ2v) is 14.0. The summed E-state index contributed by atoms with van der Waals surface area (Å²) in [6, 6.07) is 27.5. The number of benzene rings is 4. The molecule has 1 unspecified atom stereocenters. The van der Waals surface area contributed by atoms with E-state index < -0.39 is 28.5 Å². The molecule has 0 heterocycles. The lowest BCUT2D eigenvalue weighted by Crippen LogP contribution is -2.53. The predicted octanol–water partition coefficient (Wildman–Crippen LogP) is 7.25. The number of nitrogens with zero attached hydrogens (tertiary/aromatic N) is 2. The number of carbonyl (C=O) groups is 2. The Hall–Kier alpha value is -3.56. The molecule has 11 heteroatoms. The molecule has 0 aromatic heterocycles. The van der Waals surface area contributed by atoms with Gasteiger partial charge in [0.15, 0.2) is 0 Å². The molecule has 0 radical (unpaired) electrons. The van der Waals surface area contributed by atoms with Crippen LogP contribution in [-0.2, 0) is 32.6 Å². The minimum absolute atomic E-state index is 0.0105. The Bertz CT molecular complexity index is 1700. The number of hydrogen-bond acceptors (Lipinski definition) is 4. The molecule has 1 atom stereocenters. The van der Waals surface area contributed by atoms with Crippen LogP contribution in [0.3, 0.4) is 0 Å². The van der Waals surface area contributed by atoms with Crippen molar-refractivity contribution in [2.75, 3.05) is 17.4 Å². The fourth-order valence-electron chi connectivity index (χ4n) is 4.65. The number of hydrogen-bond donors (Lipinski definition) is 1. The molecule has 236 valence electrons. The molecular weight excluding hydrogens is 653 g/mol. The lowest BCUT2D eigenvalue weighted by atomic mass is 10.0. The van der Waals surface area contributed by atoms with Gasteiger partial charge in [0.1, 0.15) is 12.6 Å². The molecule has 0 saturated carbocycles. The molecule has 0 spiro atoms. The maximum Gasteiger partial charge on any atom is 0.264 e. The number of nitrogens with one attached hydrogen (secondary N) is 1. The number of carbonyl (C=O) groups excluding carboxylic acids is 2. The molecule has 1 N–H and O–H groups in total. The third-order valence-electron chi connectivity index (χ3n) is 7.02.